The number of carbonyl (C=O) groups excluding carboxylic acids is 3. The molecule has 0 aliphatic heterocycles. The summed E-state index contributed by atoms with van der Waals surface area (Å²) in [5, 5.41) is 26.4. The molecule has 0 aliphatic rings. The molecular formula is C21H41N5O6. The van der Waals surface area contributed by atoms with Gasteiger partial charge in [0.15, 0.2) is 6.04 Å². The van der Waals surface area contributed by atoms with Gasteiger partial charge >= 0.3 is 5.97 Å². The third-order valence-corrected chi connectivity index (χ3v) is 5.43. The molecule has 0 aromatic heterocycles. The van der Waals surface area contributed by atoms with Crippen LogP contribution in [0.1, 0.15) is 60.3 Å². The predicted molar refractivity (Wildman–Crippen MR) is 120 cm³/mol. The standard InChI is InChI=1S/C21H41N5O6/c1-6-12(4)15(23)19(29)25-16(11(2)3)20(30)24-14(9-7-8-10-22)18(28)26-17(13(5)27)21(31)32/h11-17,27H,6-10,22-23H2,1-5H3,(H,24,30)(H,25,29)(H,26,28)(H,31,32). The molecule has 6 unspecified atom stereocenters. The van der Waals surface area contributed by atoms with Crippen molar-refractivity contribution in [1.82, 2.24) is 16.0 Å². The summed E-state index contributed by atoms with van der Waals surface area (Å²) in [6.45, 7) is 8.88. The van der Waals surface area contributed by atoms with Crippen molar-refractivity contribution in [2.45, 2.75) is 90.6 Å². The summed E-state index contributed by atoms with van der Waals surface area (Å²) in [5.74, 6) is -3.55. The number of carboxylic acids is 1. The van der Waals surface area contributed by atoms with Gasteiger partial charge in [-0.2, -0.15) is 0 Å². The number of aliphatic hydroxyl groups excluding tert-OH is 1. The quantitative estimate of drug-likeness (QED) is 0.152. The van der Waals surface area contributed by atoms with Gasteiger partial charge in [0, 0.05) is 0 Å². The molecule has 11 heteroatoms. The Morgan fingerprint density at radius 1 is 0.875 bits per heavy atom. The van der Waals surface area contributed by atoms with Gasteiger partial charge in [0.25, 0.3) is 0 Å². The number of aliphatic hydroxyl groups is 1. The number of aliphatic carboxylic acids is 1. The van der Waals surface area contributed by atoms with Crippen LogP contribution in [0.2, 0.25) is 0 Å². The second kappa shape index (κ2) is 14.8. The van der Waals surface area contributed by atoms with Crippen LogP contribution in [-0.2, 0) is 19.2 Å². The number of hydrogen-bond acceptors (Lipinski definition) is 7. The highest BCUT2D eigenvalue weighted by molar-refractivity contribution is 5.94. The molecule has 0 spiro atoms. The second-order valence-electron chi connectivity index (χ2n) is 8.55. The van der Waals surface area contributed by atoms with E-state index in [1.165, 1.54) is 6.92 Å². The van der Waals surface area contributed by atoms with Gasteiger partial charge in [-0.05, 0) is 44.6 Å². The Balaban J connectivity index is 5.46. The third-order valence-electron chi connectivity index (χ3n) is 5.43. The topological polar surface area (TPSA) is 197 Å². The molecule has 0 saturated carbocycles. The zero-order chi connectivity index (χ0) is 25.0. The second-order valence-corrected chi connectivity index (χ2v) is 8.55. The number of amides is 3. The molecule has 0 aromatic carbocycles. The minimum Gasteiger partial charge on any atom is -0.480 e. The number of nitrogens with one attached hydrogen (secondary N) is 3. The van der Waals surface area contributed by atoms with E-state index in [4.69, 9.17) is 11.5 Å². The van der Waals surface area contributed by atoms with Gasteiger partial charge < -0.3 is 37.6 Å². The van der Waals surface area contributed by atoms with Gasteiger partial charge in [-0.1, -0.05) is 34.1 Å². The molecule has 32 heavy (non-hydrogen) atoms. The average molecular weight is 460 g/mol. The first-order valence-electron chi connectivity index (χ1n) is 11.1. The fraction of sp³-hybridized carbons (Fsp3) is 0.810. The summed E-state index contributed by atoms with van der Waals surface area (Å²) in [4.78, 5) is 49.4. The van der Waals surface area contributed by atoms with E-state index in [2.05, 4.69) is 16.0 Å². The van der Waals surface area contributed by atoms with E-state index < -0.39 is 54.0 Å². The molecule has 9 N–H and O–H groups in total. The molecule has 0 aliphatic carbocycles. The normalized spacial score (nSPS) is 16.9. The fourth-order valence-electron chi connectivity index (χ4n) is 2.96. The van der Waals surface area contributed by atoms with Crippen molar-refractivity contribution in [3.8, 4) is 0 Å². The molecule has 3 amide bonds. The maximum Gasteiger partial charge on any atom is 0.328 e. The molecule has 6 atom stereocenters. The molecule has 0 aromatic rings. The van der Waals surface area contributed by atoms with Crippen LogP contribution < -0.4 is 27.4 Å². The Morgan fingerprint density at radius 2 is 1.44 bits per heavy atom. The molecule has 0 radical (unpaired) electrons. The Hall–Kier alpha value is -2.24. The molecule has 186 valence electrons. The summed E-state index contributed by atoms with van der Waals surface area (Å²) >= 11 is 0. The minimum atomic E-state index is -1.52. The third kappa shape index (κ3) is 9.92. The predicted octanol–water partition coefficient (Wildman–Crippen LogP) is -0.935. The van der Waals surface area contributed by atoms with Crippen molar-refractivity contribution in [2.24, 2.45) is 23.3 Å². The average Bonchev–Trinajstić information content (AvgIpc) is 2.72. The lowest BCUT2D eigenvalue weighted by atomic mass is 9.97. The maximum absolute atomic E-state index is 12.9. The van der Waals surface area contributed by atoms with Gasteiger partial charge in [-0.15, -0.1) is 0 Å². The number of carboxylic acid groups (broad SMARTS) is 1. The molecule has 0 bridgehead atoms. The van der Waals surface area contributed by atoms with Crippen LogP contribution in [0, 0.1) is 11.8 Å². The number of hydrogen-bond donors (Lipinski definition) is 7. The van der Waals surface area contributed by atoms with E-state index in [0.717, 1.165) is 0 Å². The molecule has 0 fully saturated rings. The molecule has 0 rings (SSSR count). The lowest BCUT2D eigenvalue weighted by Crippen LogP contribution is -2.59. The zero-order valence-corrected chi connectivity index (χ0v) is 19.8. The first kappa shape index (κ1) is 29.8. The van der Waals surface area contributed by atoms with E-state index in [9.17, 15) is 29.4 Å². The van der Waals surface area contributed by atoms with E-state index in [1.807, 2.05) is 13.8 Å². The molecular weight excluding hydrogens is 418 g/mol. The number of rotatable bonds is 15. The lowest BCUT2D eigenvalue weighted by Gasteiger charge is -2.28. The SMILES string of the molecule is CCC(C)C(N)C(=O)NC(C(=O)NC(CCCCN)C(=O)NC(C(=O)O)C(C)O)C(C)C. The summed E-state index contributed by atoms with van der Waals surface area (Å²) in [7, 11) is 0. The van der Waals surface area contributed by atoms with Crippen LogP contribution in [0.3, 0.4) is 0 Å². The number of carbonyl (C=O) groups is 4. The molecule has 0 saturated heterocycles. The number of unbranched alkanes of at least 4 members (excludes halogenated alkanes) is 1. The molecule has 0 heterocycles. The van der Waals surface area contributed by atoms with Crippen LogP contribution in [-0.4, -0.2) is 70.7 Å². The lowest BCUT2D eigenvalue weighted by molar-refractivity contribution is -0.145. The first-order valence-corrected chi connectivity index (χ1v) is 11.1. The van der Waals surface area contributed by atoms with Crippen molar-refractivity contribution in [2.75, 3.05) is 6.54 Å². The Bertz CT molecular complexity index is 628. The summed E-state index contributed by atoms with van der Waals surface area (Å²) in [6.07, 6.45) is 0.698. The van der Waals surface area contributed by atoms with Crippen molar-refractivity contribution in [1.29, 1.82) is 0 Å². The summed E-state index contributed by atoms with van der Waals surface area (Å²) < 4.78 is 0. The van der Waals surface area contributed by atoms with Crippen molar-refractivity contribution >= 4 is 23.7 Å². The highest BCUT2D eigenvalue weighted by Crippen LogP contribution is 2.10. The van der Waals surface area contributed by atoms with Crippen molar-refractivity contribution in [3.63, 3.8) is 0 Å². The highest BCUT2D eigenvalue weighted by atomic mass is 16.4. The van der Waals surface area contributed by atoms with Crippen LogP contribution in [0.5, 0.6) is 0 Å². The van der Waals surface area contributed by atoms with Gasteiger partial charge in [-0.3, -0.25) is 14.4 Å². The van der Waals surface area contributed by atoms with Gasteiger partial charge in [0.1, 0.15) is 12.1 Å². The van der Waals surface area contributed by atoms with Crippen LogP contribution in [0.25, 0.3) is 0 Å². The Kier molecular flexibility index (Phi) is 13.7. The minimum absolute atomic E-state index is 0.0749. The molecule has 11 nitrogen and oxygen atoms in total. The zero-order valence-electron chi connectivity index (χ0n) is 19.8. The van der Waals surface area contributed by atoms with Crippen LogP contribution in [0.15, 0.2) is 0 Å². The first-order chi connectivity index (χ1) is 14.9. The fourth-order valence-corrected chi connectivity index (χ4v) is 2.96. The van der Waals surface area contributed by atoms with Crippen molar-refractivity contribution < 1.29 is 29.4 Å². The Labute approximate surface area is 190 Å². The number of nitrogens with two attached hydrogens (primary N) is 2. The highest BCUT2D eigenvalue weighted by Gasteiger charge is 2.33. The maximum atomic E-state index is 12.9. The van der Waals surface area contributed by atoms with E-state index >= 15 is 0 Å². The van der Waals surface area contributed by atoms with Crippen molar-refractivity contribution in [3.05, 3.63) is 0 Å². The Morgan fingerprint density at radius 3 is 1.88 bits per heavy atom. The van der Waals surface area contributed by atoms with Crippen LogP contribution >= 0.6 is 0 Å². The van der Waals surface area contributed by atoms with Gasteiger partial charge in [0.2, 0.25) is 17.7 Å². The van der Waals surface area contributed by atoms with E-state index in [0.29, 0.717) is 25.8 Å². The summed E-state index contributed by atoms with van der Waals surface area (Å²) in [6, 6.07) is -4.30. The van der Waals surface area contributed by atoms with Gasteiger partial charge in [-0.25, -0.2) is 4.79 Å². The largest absolute Gasteiger partial charge is 0.480 e. The summed E-state index contributed by atoms with van der Waals surface area (Å²) in [5.41, 5.74) is 11.5. The monoisotopic (exact) mass is 459 g/mol. The smallest absolute Gasteiger partial charge is 0.328 e. The van der Waals surface area contributed by atoms with Crippen LogP contribution in [0.4, 0.5) is 0 Å². The van der Waals surface area contributed by atoms with Gasteiger partial charge in [0.05, 0.1) is 12.1 Å². The van der Waals surface area contributed by atoms with E-state index in [1.54, 1.807) is 13.8 Å². The van der Waals surface area contributed by atoms with E-state index in [-0.39, 0.29) is 18.3 Å².